The molecule has 1 heterocycles. The summed E-state index contributed by atoms with van der Waals surface area (Å²) in [7, 11) is 1.81. The number of amides is 1. The highest BCUT2D eigenvalue weighted by molar-refractivity contribution is 6.30. The molecule has 0 unspecified atom stereocenters. The number of imidazole rings is 1. The number of aromatic carboxylic acids is 1. The zero-order chi connectivity index (χ0) is 32.4. The number of benzene rings is 4. The standard InChI is InChI=1S/C38H38ClN3O4.ClH/c1-24(2)41(3)37(43)27-13-19-33(25-9-15-30(39)16-10-25)29(21-27)23-46-32-17-11-26(12-18-32)36-40-34-22-28(38(44)45)14-20-35(34)42(36)31-7-5-4-6-8-31;/h9-22,24,31H,4-8,23H2,1-3H3,(H,44,45);1H. The first-order chi connectivity index (χ1) is 22.2. The normalized spacial score (nSPS) is 13.4. The van der Waals surface area contributed by atoms with E-state index in [1.807, 2.05) is 93.7 Å². The van der Waals surface area contributed by atoms with Crippen LogP contribution in [0.15, 0.2) is 84.9 Å². The van der Waals surface area contributed by atoms with Crippen LogP contribution in [0.5, 0.6) is 5.75 Å². The summed E-state index contributed by atoms with van der Waals surface area (Å²) >= 11 is 6.16. The zero-order valence-corrected chi connectivity index (χ0v) is 28.4. The van der Waals surface area contributed by atoms with E-state index in [0.29, 0.717) is 27.9 Å². The van der Waals surface area contributed by atoms with E-state index in [-0.39, 0.29) is 36.5 Å². The molecule has 0 spiro atoms. The number of hydrogen-bond acceptors (Lipinski definition) is 4. The van der Waals surface area contributed by atoms with Crippen LogP contribution >= 0.6 is 24.0 Å². The lowest BCUT2D eigenvalue weighted by atomic mass is 9.95. The third kappa shape index (κ3) is 7.32. The fraction of sp³-hybridized carbons (Fsp3) is 0.289. The maximum absolute atomic E-state index is 13.2. The van der Waals surface area contributed by atoms with Gasteiger partial charge < -0.3 is 19.3 Å². The van der Waals surface area contributed by atoms with Crippen molar-refractivity contribution in [2.24, 2.45) is 0 Å². The summed E-state index contributed by atoms with van der Waals surface area (Å²) in [6, 6.07) is 26.9. The minimum atomic E-state index is -0.960. The van der Waals surface area contributed by atoms with Gasteiger partial charge in [0.2, 0.25) is 0 Å². The molecule has 47 heavy (non-hydrogen) atoms. The molecule has 1 fully saturated rings. The van der Waals surface area contributed by atoms with E-state index < -0.39 is 5.97 Å². The van der Waals surface area contributed by atoms with Crippen molar-refractivity contribution in [1.82, 2.24) is 14.5 Å². The molecule has 1 aliphatic carbocycles. The van der Waals surface area contributed by atoms with E-state index in [0.717, 1.165) is 46.4 Å². The molecule has 7 nitrogen and oxygen atoms in total. The number of fused-ring (bicyclic) bond motifs is 1. The summed E-state index contributed by atoms with van der Waals surface area (Å²) in [6.45, 7) is 4.25. The number of carboxylic acids is 1. The number of aromatic nitrogens is 2. The van der Waals surface area contributed by atoms with Crippen molar-refractivity contribution in [3.63, 3.8) is 0 Å². The Kier molecular flexibility index (Phi) is 10.6. The Morgan fingerprint density at radius 1 is 0.915 bits per heavy atom. The highest BCUT2D eigenvalue weighted by Crippen LogP contribution is 2.37. The van der Waals surface area contributed by atoms with Gasteiger partial charge in [-0.3, -0.25) is 4.79 Å². The Labute approximate surface area is 286 Å². The summed E-state index contributed by atoms with van der Waals surface area (Å²) in [5.74, 6) is 0.523. The molecule has 0 aliphatic heterocycles. The summed E-state index contributed by atoms with van der Waals surface area (Å²) in [5, 5.41) is 10.2. The van der Waals surface area contributed by atoms with E-state index in [9.17, 15) is 14.7 Å². The predicted molar refractivity (Wildman–Crippen MR) is 190 cm³/mol. The van der Waals surface area contributed by atoms with Gasteiger partial charge in [0.1, 0.15) is 18.2 Å². The van der Waals surface area contributed by atoms with Crippen LogP contribution in [0.25, 0.3) is 33.5 Å². The highest BCUT2D eigenvalue weighted by Gasteiger charge is 2.23. The molecule has 1 aromatic heterocycles. The highest BCUT2D eigenvalue weighted by atomic mass is 35.5. The van der Waals surface area contributed by atoms with Crippen LogP contribution in [-0.4, -0.2) is 44.5 Å². The topological polar surface area (TPSA) is 84.7 Å². The fourth-order valence-corrected chi connectivity index (χ4v) is 6.33. The van der Waals surface area contributed by atoms with Gasteiger partial charge in [0.05, 0.1) is 16.6 Å². The lowest BCUT2D eigenvalue weighted by Gasteiger charge is -2.25. The Morgan fingerprint density at radius 2 is 1.57 bits per heavy atom. The number of carbonyl (C=O) groups is 2. The molecule has 1 amide bonds. The number of ether oxygens (including phenoxy) is 1. The van der Waals surface area contributed by atoms with E-state index in [1.54, 1.807) is 17.0 Å². The van der Waals surface area contributed by atoms with Gasteiger partial charge in [-0.2, -0.15) is 0 Å². The van der Waals surface area contributed by atoms with E-state index in [2.05, 4.69) is 4.57 Å². The number of carboxylic acid groups (broad SMARTS) is 1. The smallest absolute Gasteiger partial charge is 0.335 e. The number of hydrogen-bond donors (Lipinski definition) is 1. The first-order valence-corrected chi connectivity index (χ1v) is 16.2. The van der Waals surface area contributed by atoms with Crippen LogP contribution in [-0.2, 0) is 6.61 Å². The lowest BCUT2D eigenvalue weighted by Crippen LogP contribution is -2.33. The first kappa shape index (κ1) is 34.0. The van der Waals surface area contributed by atoms with Crippen molar-refractivity contribution >= 4 is 46.9 Å². The van der Waals surface area contributed by atoms with E-state index >= 15 is 0 Å². The predicted octanol–water partition coefficient (Wildman–Crippen LogP) is 9.71. The average molecular weight is 673 g/mol. The van der Waals surface area contributed by atoms with Crippen LogP contribution in [0.3, 0.4) is 0 Å². The van der Waals surface area contributed by atoms with E-state index in [1.165, 1.54) is 19.3 Å². The van der Waals surface area contributed by atoms with Crippen LogP contribution < -0.4 is 4.74 Å². The van der Waals surface area contributed by atoms with Crippen LogP contribution in [0.1, 0.15) is 78.3 Å². The minimum absolute atomic E-state index is 0. The second-order valence-electron chi connectivity index (χ2n) is 12.3. The number of rotatable bonds is 9. The molecular weight excluding hydrogens is 633 g/mol. The SMILES string of the molecule is CC(C)N(C)C(=O)c1ccc(-c2ccc(Cl)cc2)c(COc2ccc(-c3nc4cc(C(=O)O)ccc4n3C3CCCCC3)cc2)c1.Cl. The van der Waals surface area contributed by atoms with Gasteiger partial charge in [0.15, 0.2) is 0 Å². The molecule has 0 atom stereocenters. The molecule has 9 heteroatoms. The molecule has 0 radical (unpaired) electrons. The number of halogens is 2. The van der Waals surface area contributed by atoms with Gasteiger partial charge in [-0.25, -0.2) is 9.78 Å². The lowest BCUT2D eigenvalue weighted by molar-refractivity contribution is 0.0695. The second kappa shape index (κ2) is 14.6. The van der Waals surface area contributed by atoms with Gasteiger partial charge in [-0.15, -0.1) is 12.4 Å². The van der Waals surface area contributed by atoms with Crippen LogP contribution in [0.4, 0.5) is 0 Å². The molecule has 1 N–H and O–H groups in total. The van der Waals surface area contributed by atoms with Gasteiger partial charge in [-0.1, -0.05) is 49.1 Å². The molecule has 0 saturated heterocycles. The molecule has 0 bridgehead atoms. The van der Waals surface area contributed by atoms with Crippen molar-refractivity contribution in [1.29, 1.82) is 0 Å². The fourth-order valence-electron chi connectivity index (χ4n) is 6.20. The van der Waals surface area contributed by atoms with Gasteiger partial charge >= 0.3 is 5.97 Å². The van der Waals surface area contributed by atoms with Crippen LogP contribution in [0.2, 0.25) is 5.02 Å². The summed E-state index contributed by atoms with van der Waals surface area (Å²) < 4.78 is 8.61. The van der Waals surface area contributed by atoms with Crippen LogP contribution in [0, 0.1) is 0 Å². The monoisotopic (exact) mass is 671 g/mol. The zero-order valence-electron chi connectivity index (χ0n) is 26.8. The molecule has 5 aromatic rings. The molecule has 4 aromatic carbocycles. The third-order valence-corrected chi connectivity index (χ3v) is 9.24. The van der Waals surface area contributed by atoms with Gasteiger partial charge in [-0.05, 0) is 110 Å². The largest absolute Gasteiger partial charge is 0.489 e. The van der Waals surface area contributed by atoms with Crippen molar-refractivity contribution in [2.45, 2.75) is 64.6 Å². The molecule has 6 rings (SSSR count). The summed E-state index contributed by atoms with van der Waals surface area (Å²) in [5.41, 5.74) is 6.28. The quantitative estimate of drug-likeness (QED) is 0.169. The van der Waals surface area contributed by atoms with Gasteiger partial charge in [0, 0.05) is 35.3 Å². The Balaban J connectivity index is 0.00000433. The summed E-state index contributed by atoms with van der Waals surface area (Å²) in [6.07, 6.45) is 5.72. The first-order valence-electron chi connectivity index (χ1n) is 15.8. The minimum Gasteiger partial charge on any atom is -0.489 e. The van der Waals surface area contributed by atoms with Gasteiger partial charge in [0.25, 0.3) is 5.91 Å². The summed E-state index contributed by atoms with van der Waals surface area (Å²) in [4.78, 5) is 31.5. The molecule has 1 saturated carbocycles. The average Bonchev–Trinajstić information content (AvgIpc) is 3.46. The van der Waals surface area contributed by atoms with Crippen molar-refractivity contribution in [3.05, 3.63) is 107 Å². The Morgan fingerprint density at radius 3 is 2.23 bits per heavy atom. The van der Waals surface area contributed by atoms with Crippen molar-refractivity contribution in [2.75, 3.05) is 7.05 Å². The Bertz CT molecular complexity index is 1880. The maximum atomic E-state index is 13.2. The molecular formula is C38H39Cl2N3O4. The number of nitrogens with zero attached hydrogens (tertiary/aromatic N) is 3. The maximum Gasteiger partial charge on any atom is 0.335 e. The third-order valence-electron chi connectivity index (χ3n) is 8.99. The van der Waals surface area contributed by atoms with Crippen molar-refractivity contribution in [3.8, 4) is 28.3 Å². The second-order valence-corrected chi connectivity index (χ2v) is 12.7. The molecule has 244 valence electrons. The van der Waals surface area contributed by atoms with Crippen molar-refractivity contribution < 1.29 is 19.4 Å². The molecule has 1 aliphatic rings. The number of carbonyl (C=O) groups excluding carboxylic acids is 1. The van der Waals surface area contributed by atoms with E-state index in [4.69, 9.17) is 21.3 Å². The Hall–Kier alpha value is -4.33.